The number of amides is 1. The maximum atomic E-state index is 12.9. The first-order valence-corrected chi connectivity index (χ1v) is 7.12. The number of benzene rings is 1. The van der Waals surface area contributed by atoms with Gasteiger partial charge in [-0.05, 0) is 24.6 Å². The van der Waals surface area contributed by atoms with Gasteiger partial charge in [-0.2, -0.15) is 18.3 Å². The Hall–Kier alpha value is -2.35. The third-order valence-electron chi connectivity index (χ3n) is 3.82. The van der Waals surface area contributed by atoms with E-state index in [-0.39, 0.29) is 16.9 Å². The molecule has 3 rings (SSSR count). The Morgan fingerprint density at radius 2 is 2.13 bits per heavy atom. The summed E-state index contributed by atoms with van der Waals surface area (Å²) in [5.41, 5.74) is 1.29. The van der Waals surface area contributed by atoms with Gasteiger partial charge in [-0.15, -0.1) is 0 Å². The van der Waals surface area contributed by atoms with Gasteiger partial charge in [0.15, 0.2) is 5.69 Å². The molecule has 0 fully saturated rings. The lowest BCUT2D eigenvalue weighted by Crippen LogP contribution is -2.25. The van der Waals surface area contributed by atoms with Crippen LogP contribution in [0.4, 0.5) is 18.9 Å². The zero-order chi connectivity index (χ0) is 16.6. The summed E-state index contributed by atoms with van der Waals surface area (Å²) in [5, 5.41) is 12.4. The zero-order valence-electron chi connectivity index (χ0n) is 12.3. The summed E-state index contributed by atoms with van der Waals surface area (Å²) in [4.78, 5) is 12.3. The molecule has 1 aliphatic heterocycles. The maximum Gasteiger partial charge on any atom is 0.416 e. The summed E-state index contributed by atoms with van der Waals surface area (Å²) in [6.07, 6.45) is -3.72. The molecule has 23 heavy (non-hydrogen) atoms. The number of aromatic amines is 1. The molecule has 0 aliphatic carbocycles. The van der Waals surface area contributed by atoms with Crippen molar-refractivity contribution >= 4 is 11.6 Å². The Balaban J connectivity index is 1.85. The summed E-state index contributed by atoms with van der Waals surface area (Å²) in [7, 11) is 0. The van der Waals surface area contributed by atoms with Gasteiger partial charge in [0, 0.05) is 36.5 Å². The van der Waals surface area contributed by atoms with Crippen molar-refractivity contribution in [2.45, 2.75) is 26.1 Å². The molecule has 0 atom stereocenters. The van der Waals surface area contributed by atoms with Gasteiger partial charge in [0.2, 0.25) is 0 Å². The molecule has 0 unspecified atom stereocenters. The highest BCUT2D eigenvalue weighted by molar-refractivity contribution is 6.04. The number of nitrogens with one attached hydrogen (secondary N) is 3. The van der Waals surface area contributed by atoms with E-state index in [1.807, 2.05) is 0 Å². The Labute approximate surface area is 130 Å². The number of carbonyl (C=O) groups excluding carboxylic acids is 1. The average Bonchev–Trinajstić information content (AvgIpc) is 2.92. The van der Waals surface area contributed by atoms with E-state index in [9.17, 15) is 18.0 Å². The molecule has 5 nitrogen and oxygen atoms in total. The topological polar surface area (TPSA) is 69.8 Å². The first-order chi connectivity index (χ1) is 10.9. The minimum absolute atomic E-state index is 0.0912. The van der Waals surface area contributed by atoms with E-state index in [1.54, 1.807) is 0 Å². The fourth-order valence-electron chi connectivity index (χ4n) is 2.61. The number of aromatic nitrogens is 2. The predicted molar refractivity (Wildman–Crippen MR) is 78.1 cm³/mol. The SMILES string of the molecule is Cc1ccc(NC(=O)c2n[nH]c3c2CNCC3)cc1C(F)(F)F. The van der Waals surface area contributed by atoms with Gasteiger partial charge in [0.05, 0.1) is 5.56 Å². The van der Waals surface area contributed by atoms with Gasteiger partial charge in [0.25, 0.3) is 5.91 Å². The lowest BCUT2D eigenvalue weighted by Gasteiger charge is -2.14. The van der Waals surface area contributed by atoms with Crippen molar-refractivity contribution < 1.29 is 18.0 Å². The number of rotatable bonds is 2. The summed E-state index contributed by atoms with van der Waals surface area (Å²) in [6.45, 7) is 2.68. The van der Waals surface area contributed by atoms with Gasteiger partial charge < -0.3 is 10.6 Å². The minimum atomic E-state index is -4.46. The highest BCUT2D eigenvalue weighted by atomic mass is 19.4. The van der Waals surface area contributed by atoms with Crippen molar-refractivity contribution in [1.82, 2.24) is 15.5 Å². The molecule has 2 aromatic rings. The van der Waals surface area contributed by atoms with Crippen LogP contribution in [0.15, 0.2) is 18.2 Å². The van der Waals surface area contributed by atoms with Crippen LogP contribution in [-0.4, -0.2) is 22.6 Å². The van der Waals surface area contributed by atoms with Crippen molar-refractivity contribution in [3.05, 3.63) is 46.3 Å². The Kier molecular flexibility index (Phi) is 3.85. The molecule has 8 heteroatoms. The molecule has 1 aliphatic rings. The van der Waals surface area contributed by atoms with E-state index in [0.29, 0.717) is 6.54 Å². The normalized spacial score (nSPS) is 14.4. The number of H-pyrrole nitrogens is 1. The van der Waals surface area contributed by atoms with Crippen LogP contribution in [0.25, 0.3) is 0 Å². The van der Waals surface area contributed by atoms with Crippen molar-refractivity contribution in [1.29, 1.82) is 0 Å². The molecular weight excluding hydrogens is 309 g/mol. The largest absolute Gasteiger partial charge is 0.416 e. The molecule has 1 aromatic carbocycles. The molecule has 2 heterocycles. The standard InChI is InChI=1S/C15H15F3N4O/c1-8-2-3-9(6-11(8)15(16,17)18)20-14(23)13-10-7-19-5-4-12(10)21-22-13/h2-3,6,19H,4-5,7H2,1H3,(H,20,23)(H,21,22). The third kappa shape index (κ3) is 3.07. The Morgan fingerprint density at radius 1 is 1.35 bits per heavy atom. The molecule has 1 amide bonds. The number of fused-ring (bicyclic) bond motifs is 1. The number of carbonyl (C=O) groups is 1. The number of anilines is 1. The number of hydrogen-bond donors (Lipinski definition) is 3. The first-order valence-electron chi connectivity index (χ1n) is 7.12. The molecule has 0 radical (unpaired) electrons. The monoisotopic (exact) mass is 324 g/mol. The van der Waals surface area contributed by atoms with Gasteiger partial charge in [-0.3, -0.25) is 9.89 Å². The lowest BCUT2D eigenvalue weighted by molar-refractivity contribution is -0.138. The van der Waals surface area contributed by atoms with Gasteiger partial charge >= 0.3 is 6.18 Å². The van der Waals surface area contributed by atoms with Crippen LogP contribution in [0.3, 0.4) is 0 Å². The van der Waals surface area contributed by atoms with Crippen LogP contribution in [0.1, 0.15) is 32.9 Å². The van der Waals surface area contributed by atoms with Gasteiger partial charge in [0.1, 0.15) is 0 Å². The molecule has 122 valence electrons. The van der Waals surface area contributed by atoms with Crippen LogP contribution >= 0.6 is 0 Å². The minimum Gasteiger partial charge on any atom is -0.321 e. The fourth-order valence-corrected chi connectivity index (χ4v) is 2.61. The first kappa shape index (κ1) is 15.5. The number of hydrogen-bond acceptors (Lipinski definition) is 3. The number of alkyl halides is 3. The van der Waals surface area contributed by atoms with Gasteiger partial charge in [-0.1, -0.05) is 6.07 Å². The highest BCUT2D eigenvalue weighted by Crippen LogP contribution is 2.33. The van der Waals surface area contributed by atoms with E-state index >= 15 is 0 Å². The van der Waals surface area contributed by atoms with E-state index < -0.39 is 17.6 Å². The second kappa shape index (κ2) is 5.69. The molecular formula is C15H15F3N4O. The van der Waals surface area contributed by atoms with Crippen LogP contribution in [0, 0.1) is 6.92 Å². The maximum absolute atomic E-state index is 12.9. The number of nitrogens with zero attached hydrogens (tertiary/aromatic N) is 1. The van der Waals surface area contributed by atoms with Crippen LogP contribution in [0.2, 0.25) is 0 Å². The fraction of sp³-hybridized carbons (Fsp3) is 0.333. The molecule has 1 aromatic heterocycles. The number of halogens is 3. The zero-order valence-corrected chi connectivity index (χ0v) is 12.3. The third-order valence-corrected chi connectivity index (χ3v) is 3.82. The van der Waals surface area contributed by atoms with Crippen LogP contribution in [-0.2, 0) is 19.1 Å². The smallest absolute Gasteiger partial charge is 0.321 e. The second-order valence-corrected chi connectivity index (χ2v) is 5.44. The quantitative estimate of drug-likeness (QED) is 0.795. The predicted octanol–water partition coefficient (Wildman–Crippen LogP) is 2.63. The van der Waals surface area contributed by atoms with Crippen molar-refractivity contribution in [3.63, 3.8) is 0 Å². The van der Waals surface area contributed by atoms with E-state index in [4.69, 9.17) is 0 Å². The summed E-state index contributed by atoms with van der Waals surface area (Å²) < 4.78 is 38.8. The van der Waals surface area contributed by atoms with E-state index in [2.05, 4.69) is 20.8 Å². The highest BCUT2D eigenvalue weighted by Gasteiger charge is 2.32. The lowest BCUT2D eigenvalue weighted by atomic mass is 10.1. The van der Waals surface area contributed by atoms with Gasteiger partial charge in [-0.25, -0.2) is 0 Å². The Morgan fingerprint density at radius 3 is 2.87 bits per heavy atom. The molecule has 0 saturated carbocycles. The van der Waals surface area contributed by atoms with Crippen molar-refractivity contribution in [2.75, 3.05) is 11.9 Å². The van der Waals surface area contributed by atoms with E-state index in [1.165, 1.54) is 19.1 Å². The van der Waals surface area contributed by atoms with Crippen LogP contribution in [0.5, 0.6) is 0 Å². The summed E-state index contributed by atoms with van der Waals surface area (Å²) >= 11 is 0. The van der Waals surface area contributed by atoms with E-state index in [0.717, 1.165) is 30.3 Å². The van der Waals surface area contributed by atoms with Crippen molar-refractivity contribution in [3.8, 4) is 0 Å². The second-order valence-electron chi connectivity index (χ2n) is 5.44. The molecule has 0 bridgehead atoms. The van der Waals surface area contributed by atoms with Crippen LogP contribution < -0.4 is 10.6 Å². The summed E-state index contributed by atoms with van der Waals surface area (Å²) in [5.74, 6) is -0.525. The number of aryl methyl sites for hydroxylation is 1. The molecule has 3 N–H and O–H groups in total. The Bertz CT molecular complexity index is 752. The molecule has 0 spiro atoms. The molecule has 0 saturated heterocycles. The summed E-state index contributed by atoms with van der Waals surface area (Å²) in [6, 6.07) is 3.71. The average molecular weight is 324 g/mol. The van der Waals surface area contributed by atoms with Crippen molar-refractivity contribution in [2.24, 2.45) is 0 Å².